The third-order valence-corrected chi connectivity index (χ3v) is 2.95. The molecule has 1 aromatic rings. The monoisotopic (exact) mass is 298 g/mol. The van der Waals surface area contributed by atoms with E-state index in [2.05, 4.69) is 40.4 Å². The fourth-order valence-corrected chi connectivity index (χ4v) is 1.73. The molecule has 3 nitrogen and oxygen atoms in total. The topological polar surface area (TPSA) is 41.1 Å². The first-order chi connectivity index (χ1) is 7.99. The molecule has 0 radical (unpaired) electrons. The van der Waals surface area contributed by atoms with E-state index in [0.717, 1.165) is 22.1 Å². The van der Waals surface area contributed by atoms with Crippen molar-refractivity contribution in [3.8, 4) is 0 Å². The minimum Gasteiger partial charge on any atom is -0.338 e. The Labute approximate surface area is 111 Å². The summed E-state index contributed by atoms with van der Waals surface area (Å²) in [7, 11) is 0. The number of carbonyl (C=O) groups is 1. The lowest BCUT2D eigenvalue weighted by Gasteiger charge is -2.11. The van der Waals surface area contributed by atoms with Crippen molar-refractivity contribution in [1.29, 1.82) is 0 Å². The lowest BCUT2D eigenvalue weighted by Crippen LogP contribution is -2.30. The maximum atomic E-state index is 11.6. The Kier molecular flexibility index (Phi) is 5.48. The fourth-order valence-electron chi connectivity index (χ4n) is 1.37. The largest absolute Gasteiger partial charge is 0.338 e. The second-order valence-electron chi connectivity index (χ2n) is 4.52. The summed E-state index contributed by atoms with van der Waals surface area (Å²) in [6.07, 6.45) is 0.991. The smallest absolute Gasteiger partial charge is 0.319 e. The van der Waals surface area contributed by atoms with Gasteiger partial charge in [0.25, 0.3) is 0 Å². The predicted octanol–water partition coefficient (Wildman–Crippen LogP) is 3.93. The van der Waals surface area contributed by atoms with E-state index in [-0.39, 0.29) is 6.03 Å². The second-order valence-corrected chi connectivity index (χ2v) is 5.44. The Morgan fingerprint density at radius 1 is 1.41 bits per heavy atom. The molecule has 0 saturated heterocycles. The first-order valence-corrected chi connectivity index (χ1v) is 6.59. The highest BCUT2D eigenvalue weighted by molar-refractivity contribution is 9.10. The Morgan fingerprint density at radius 3 is 2.76 bits per heavy atom. The van der Waals surface area contributed by atoms with E-state index in [9.17, 15) is 4.79 Å². The molecule has 0 fully saturated rings. The number of benzene rings is 1. The summed E-state index contributed by atoms with van der Waals surface area (Å²) in [4.78, 5) is 11.6. The molecule has 0 aliphatic carbocycles. The number of amides is 2. The summed E-state index contributed by atoms with van der Waals surface area (Å²) in [5, 5.41) is 5.69. The summed E-state index contributed by atoms with van der Waals surface area (Å²) in [6.45, 7) is 6.95. The maximum Gasteiger partial charge on any atom is 0.319 e. The number of rotatable bonds is 4. The second kappa shape index (κ2) is 6.64. The summed E-state index contributed by atoms with van der Waals surface area (Å²) >= 11 is 3.39. The van der Waals surface area contributed by atoms with Crippen molar-refractivity contribution in [2.24, 2.45) is 5.92 Å². The predicted molar refractivity (Wildman–Crippen MR) is 75.4 cm³/mol. The zero-order valence-corrected chi connectivity index (χ0v) is 12.1. The van der Waals surface area contributed by atoms with Gasteiger partial charge < -0.3 is 10.6 Å². The summed E-state index contributed by atoms with van der Waals surface area (Å²) < 4.78 is 0.959. The van der Waals surface area contributed by atoms with Crippen molar-refractivity contribution >= 4 is 27.6 Å². The molecule has 0 aromatic heterocycles. The fraction of sp³-hybridized carbons (Fsp3) is 0.462. The molecule has 1 rings (SSSR count). The van der Waals surface area contributed by atoms with Crippen molar-refractivity contribution < 1.29 is 4.79 Å². The summed E-state index contributed by atoms with van der Waals surface area (Å²) in [5.74, 6) is 0.600. The number of urea groups is 1. The lowest BCUT2D eigenvalue weighted by molar-refractivity contribution is 0.251. The molecule has 0 spiro atoms. The van der Waals surface area contributed by atoms with E-state index < -0.39 is 0 Å². The lowest BCUT2D eigenvalue weighted by atomic mass is 10.1. The van der Waals surface area contributed by atoms with Gasteiger partial charge in [-0.2, -0.15) is 0 Å². The number of nitrogens with one attached hydrogen (secondary N) is 2. The van der Waals surface area contributed by atoms with Gasteiger partial charge in [0.1, 0.15) is 0 Å². The van der Waals surface area contributed by atoms with Crippen LogP contribution >= 0.6 is 15.9 Å². The van der Waals surface area contributed by atoms with Gasteiger partial charge in [-0.1, -0.05) is 35.8 Å². The zero-order chi connectivity index (χ0) is 12.8. The van der Waals surface area contributed by atoms with Crippen LogP contribution in [0.1, 0.15) is 25.8 Å². The van der Waals surface area contributed by atoms with Gasteiger partial charge in [-0.25, -0.2) is 4.79 Å². The van der Waals surface area contributed by atoms with Gasteiger partial charge in [0.15, 0.2) is 0 Å². The summed E-state index contributed by atoms with van der Waals surface area (Å²) in [6, 6.07) is 5.68. The van der Waals surface area contributed by atoms with Crippen LogP contribution in [0.4, 0.5) is 10.5 Å². The molecule has 2 amide bonds. The number of hydrogen-bond donors (Lipinski definition) is 2. The number of aryl methyl sites for hydroxylation is 1. The molecule has 2 N–H and O–H groups in total. The van der Waals surface area contributed by atoms with Crippen molar-refractivity contribution in [2.45, 2.75) is 27.2 Å². The van der Waals surface area contributed by atoms with Crippen LogP contribution in [-0.4, -0.2) is 12.6 Å². The average Bonchev–Trinajstić information content (AvgIpc) is 2.23. The van der Waals surface area contributed by atoms with E-state index >= 15 is 0 Å². The third-order valence-electron chi connectivity index (χ3n) is 2.46. The van der Waals surface area contributed by atoms with E-state index in [1.807, 2.05) is 25.1 Å². The molecule has 94 valence electrons. The highest BCUT2D eigenvalue weighted by atomic mass is 79.9. The van der Waals surface area contributed by atoms with Gasteiger partial charge in [-0.3, -0.25) is 0 Å². The minimum absolute atomic E-state index is 0.146. The molecule has 0 saturated carbocycles. The van der Waals surface area contributed by atoms with Crippen LogP contribution in [0.25, 0.3) is 0 Å². The number of carbonyl (C=O) groups excluding carboxylic acids is 1. The molecule has 0 heterocycles. The molecule has 17 heavy (non-hydrogen) atoms. The quantitative estimate of drug-likeness (QED) is 0.869. The van der Waals surface area contributed by atoms with Crippen molar-refractivity contribution in [1.82, 2.24) is 5.32 Å². The van der Waals surface area contributed by atoms with E-state index in [0.29, 0.717) is 12.5 Å². The van der Waals surface area contributed by atoms with Gasteiger partial charge in [0.2, 0.25) is 0 Å². The highest BCUT2D eigenvalue weighted by Gasteiger charge is 2.04. The van der Waals surface area contributed by atoms with Crippen LogP contribution in [-0.2, 0) is 0 Å². The Hall–Kier alpha value is -1.03. The first-order valence-electron chi connectivity index (χ1n) is 5.80. The van der Waals surface area contributed by atoms with Gasteiger partial charge in [0, 0.05) is 16.7 Å². The van der Waals surface area contributed by atoms with Crippen LogP contribution in [0.5, 0.6) is 0 Å². The van der Waals surface area contributed by atoms with E-state index in [4.69, 9.17) is 0 Å². The van der Waals surface area contributed by atoms with Gasteiger partial charge in [-0.15, -0.1) is 0 Å². The molecule has 4 heteroatoms. The van der Waals surface area contributed by atoms with Crippen LogP contribution in [0.2, 0.25) is 0 Å². The van der Waals surface area contributed by atoms with E-state index in [1.165, 1.54) is 0 Å². The summed E-state index contributed by atoms with van der Waals surface area (Å²) in [5.41, 5.74) is 1.88. The van der Waals surface area contributed by atoms with Crippen LogP contribution in [0.3, 0.4) is 0 Å². The standard InChI is InChI=1S/C13H19BrN2O/c1-9(2)6-7-15-13(17)16-12-8-11(14)5-4-10(12)3/h4-5,8-9H,6-7H2,1-3H3,(H2,15,16,17). The SMILES string of the molecule is Cc1ccc(Br)cc1NC(=O)NCCC(C)C. The number of halogens is 1. The van der Waals surface area contributed by atoms with Gasteiger partial charge >= 0.3 is 6.03 Å². The molecule has 0 bridgehead atoms. The molecule has 1 aromatic carbocycles. The normalized spacial score (nSPS) is 10.4. The zero-order valence-electron chi connectivity index (χ0n) is 10.5. The Morgan fingerprint density at radius 2 is 2.12 bits per heavy atom. The highest BCUT2D eigenvalue weighted by Crippen LogP contribution is 2.20. The first kappa shape index (κ1) is 14.0. The maximum absolute atomic E-state index is 11.6. The van der Waals surface area contributed by atoms with Crippen molar-refractivity contribution in [3.05, 3.63) is 28.2 Å². The van der Waals surface area contributed by atoms with Crippen LogP contribution in [0.15, 0.2) is 22.7 Å². The molecule has 0 aliphatic heterocycles. The molecule has 0 unspecified atom stereocenters. The number of hydrogen-bond acceptors (Lipinski definition) is 1. The van der Waals surface area contributed by atoms with Gasteiger partial charge in [-0.05, 0) is 37.0 Å². The molecule has 0 aliphatic rings. The third kappa shape index (κ3) is 5.22. The number of anilines is 1. The Bertz CT molecular complexity index is 391. The van der Waals surface area contributed by atoms with E-state index in [1.54, 1.807) is 0 Å². The average molecular weight is 299 g/mol. The molecule has 0 atom stereocenters. The minimum atomic E-state index is -0.146. The van der Waals surface area contributed by atoms with Crippen molar-refractivity contribution in [2.75, 3.05) is 11.9 Å². The van der Waals surface area contributed by atoms with Crippen LogP contribution < -0.4 is 10.6 Å². The van der Waals surface area contributed by atoms with Crippen molar-refractivity contribution in [3.63, 3.8) is 0 Å². The van der Waals surface area contributed by atoms with Gasteiger partial charge in [0.05, 0.1) is 0 Å². The Balaban J connectivity index is 2.47. The van der Waals surface area contributed by atoms with Crippen LogP contribution in [0, 0.1) is 12.8 Å². The molecular formula is C13H19BrN2O. The molecular weight excluding hydrogens is 280 g/mol.